The molecular weight excluding hydrogens is 254 g/mol. The van der Waals surface area contributed by atoms with E-state index in [1.54, 1.807) is 12.0 Å². The van der Waals surface area contributed by atoms with Crippen LogP contribution in [0.4, 0.5) is 0 Å². The van der Waals surface area contributed by atoms with E-state index in [0.717, 1.165) is 18.3 Å². The lowest BCUT2D eigenvalue weighted by Gasteiger charge is -2.35. The number of aromatic nitrogens is 4. The van der Waals surface area contributed by atoms with Crippen molar-refractivity contribution in [2.75, 3.05) is 26.8 Å². The Balaban J connectivity index is 2.17. The molecule has 1 aliphatic heterocycles. The quantitative estimate of drug-likeness (QED) is 0.817. The fourth-order valence-corrected chi connectivity index (χ4v) is 3.34. The van der Waals surface area contributed by atoms with Crippen LogP contribution in [0.2, 0.25) is 0 Å². The Kier molecular flexibility index (Phi) is 5.48. The Morgan fingerprint density at radius 3 is 2.90 bits per heavy atom. The minimum Gasteiger partial charge on any atom is -0.383 e. The predicted molar refractivity (Wildman–Crippen MR) is 76.4 cm³/mol. The molecule has 20 heavy (non-hydrogen) atoms. The Bertz CT molecular complexity index is 406. The van der Waals surface area contributed by atoms with Gasteiger partial charge in [-0.2, -0.15) is 0 Å². The van der Waals surface area contributed by atoms with E-state index in [1.807, 2.05) is 4.68 Å². The summed E-state index contributed by atoms with van der Waals surface area (Å²) in [5.74, 6) is 2.34. The minimum absolute atomic E-state index is 0.379. The normalized spacial score (nSPS) is 25.1. The fourth-order valence-electron chi connectivity index (χ4n) is 3.34. The molecule has 0 spiro atoms. The number of tetrazole rings is 1. The van der Waals surface area contributed by atoms with Gasteiger partial charge in [-0.3, -0.25) is 0 Å². The van der Waals surface area contributed by atoms with Gasteiger partial charge in [0.15, 0.2) is 6.04 Å². The van der Waals surface area contributed by atoms with Crippen LogP contribution in [0.15, 0.2) is 0 Å². The lowest BCUT2D eigenvalue weighted by Crippen LogP contribution is -3.14. The van der Waals surface area contributed by atoms with Crippen molar-refractivity contribution in [2.45, 2.75) is 46.2 Å². The van der Waals surface area contributed by atoms with E-state index in [2.05, 4.69) is 36.3 Å². The Morgan fingerprint density at radius 2 is 2.25 bits per heavy atom. The van der Waals surface area contributed by atoms with Crippen LogP contribution in [0, 0.1) is 11.8 Å². The van der Waals surface area contributed by atoms with Gasteiger partial charge >= 0.3 is 0 Å². The third-order valence-corrected chi connectivity index (χ3v) is 4.26. The van der Waals surface area contributed by atoms with Crippen LogP contribution < -0.4 is 4.90 Å². The number of hydrogen-bond donors (Lipinski definition) is 1. The molecule has 1 saturated heterocycles. The Morgan fingerprint density at radius 1 is 1.45 bits per heavy atom. The van der Waals surface area contributed by atoms with Crippen LogP contribution in [-0.4, -0.2) is 47.0 Å². The van der Waals surface area contributed by atoms with Gasteiger partial charge in [-0.1, -0.05) is 20.8 Å². The maximum Gasteiger partial charge on any atom is 0.209 e. The second-order valence-electron chi connectivity index (χ2n) is 6.33. The van der Waals surface area contributed by atoms with Crippen LogP contribution in [-0.2, 0) is 11.3 Å². The lowest BCUT2D eigenvalue weighted by molar-refractivity contribution is -0.944. The van der Waals surface area contributed by atoms with Gasteiger partial charge in [0.05, 0.1) is 26.2 Å². The fraction of sp³-hybridized carbons (Fsp3) is 0.929. The molecular formula is C14H28N5O+. The molecule has 2 heterocycles. The highest BCUT2D eigenvalue weighted by molar-refractivity contribution is 4.89. The van der Waals surface area contributed by atoms with Gasteiger partial charge in [0.2, 0.25) is 5.82 Å². The molecule has 1 aromatic rings. The van der Waals surface area contributed by atoms with E-state index in [9.17, 15) is 0 Å². The number of rotatable bonds is 6. The molecule has 0 radical (unpaired) electrons. The summed E-state index contributed by atoms with van der Waals surface area (Å²) in [6.07, 6.45) is 2.66. The van der Waals surface area contributed by atoms with E-state index in [4.69, 9.17) is 4.74 Å². The van der Waals surface area contributed by atoms with Crippen molar-refractivity contribution >= 4 is 0 Å². The zero-order chi connectivity index (χ0) is 14.5. The molecule has 0 amide bonds. The third kappa shape index (κ3) is 3.55. The monoisotopic (exact) mass is 282 g/mol. The lowest BCUT2D eigenvalue weighted by atomic mass is 9.94. The van der Waals surface area contributed by atoms with E-state index in [-0.39, 0.29) is 0 Å². The summed E-state index contributed by atoms with van der Waals surface area (Å²) in [5.41, 5.74) is 0. The van der Waals surface area contributed by atoms with Crippen molar-refractivity contribution < 1.29 is 9.64 Å². The van der Waals surface area contributed by atoms with Crippen LogP contribution in [0.5, 0.6) is 0 Å². The maximum absolute atomic E-state index is 5.15. The molecule has 0 saturated carbocycles. The van der Waals surface area contributed by atoms with E-state index < -0.39 is 0 Å². The molecule has 114 valence electrons. The number of nitrogens with zero attached hydrogens (tertiary/aromatic N) is 4. The highest BCUT2D eigenvalue weighted by Gasteiger charge is 2.35. The molecule has 0 aliphatic carbocycles. The number of piperidine rings is 1. The molecule has 0 aromatic carbocycles. The molecule has 3 atom stereocenters. The summed E-state index contributed by atoms with van der Waals surface area (Å²) >= 11 is 0. The van der Waals surface area contributed by atoms with Gasteiger partial charge in [0.25, 0.3) is 0 Å². The topological polar surface area (TPSA) is 57.3 Å². The van der Waals surface area contributed by atoms with Gasteiger partial charge in [0, 0.05) is 18.9 Å². The highest BCUT2D eigenvalue weighted by Crippen LogP contribution is 2.18. The van der Waals surface area contributed by atoms with Gasteiger partial charge < -0.3 is 9.64 Å². The largest absolute Gasteiger partial charge is 0.383 e. The van der Waals surface area contributed by atoms with Crippen molar-refractivity contribution in [1.29, 1.82) is 0 Å². The first kappa shape index (κ1) is 15.4. The number of ether oxygens (including phenoxy) is 1. The zero-order valence-electron chi connectivity index (χ0n) is 13.2. The van der Waals surface area contributed by atoms with Crippen molar-refractivity contribution in [1.82, 2.24) is 20.2 Å². The summed E-state index contributed by atoms with van der Waals surface area (Å²) in [7, 11) is 1.71. The highest BCUT2D eigenvalue weighted by atomic mass is 16.5. The number of nitrogens with one attached hydrogen (secondary N) is 1. The summed E-state index contributed by atoms with van der Waals surface area (Å²) in [6.45, 7) is 10.7. The molecule has 6 heteroatoms. The first-order valence-electron chi connectivity index (χ1n) is 7.73. The maximum atomic E-state index is 5.15. The first-order chi connectivity index (χ1) is 9.63. The molecule has 1 aliphatic rings. The third-order valence-electron chi connectivity index (χ3n) is 4.26. The van der Waals surface area contributed by atoms with Crippen LogP contribution in [0.25, 0.3) is 0 Å². The summed E-state index contributed by atoms with van der Waals surface area (Å²) < 4.78 is 7.07. The summed E-state index contributed by atoms with van der Waals surface area (Å²) in [5, 5.41) is 12.3. The van der Waals surface area contributed by atoms with Gasteiger partial charge in [-0.25, -0.2) is 4.68 Å². The van der Waals surface area contributed by atoms with Gasteiger partial charge in [0.1, 0.15) is 0 Å². The van der Waals surface area contributed by atoms with E-state index in [1.165, 1.54) is 25.9 Å². The van der Waals surface area contributed by atoms with Crippen molar-refractivity contribution in [3.05, 3.63) is 5.82 Å². The Labute approximate surface area is 121 Å². The molecule has 1 fully saturated rings. The first-order valence-corrected chi connectivity index (χ1v) is 7.73. The smallest absolute Gasteiger partial charge is 0.209 e. The van der Waals surface area contributed by atoms with Crippen molar-refractivity contribution in [3.8, 4) is 0 Å². The zero-order valence-corrected chi connectivity index (χ0v) is 13.2. The minimum atomic E-state index is 0.379. The van der Waals surface area contributed by atoms with E-state index >= 15 is 0 Å². The Hall–Kier alpha value is -1.01. The summed E-state index contributed by atoms with van der Waals surface area (Å²) in [6, 6.07) is 0.379. The number of methoxy groups -OCH3 is 1. The second-order valence-corrected chi connectivity index (χ2v) is 6.33. The number of likely N-dealkylation sites (tertiary alicyclic amines) is 1. The molecule has 1 unspecified atom stereocenters. The molecule has 1 N–H and O–H groups in total. The second kappa shape index (κ2) is 7.13. The molecule has 1 aromatic heterocycles. The average molecular weight is 282 g/mol. The standard InChI is InChI=1S/C14H27N5O/c1-11(2)13(18-7-5-6-12(3)10-18)14-15-16-17-19(14)8-9-20-4/h11-13H,5-10H2,1-4H3/p+1/t12-,13-/m1/s1. The van der Waals surface area contributed by atoms with Crippen LogP contribution in [0.1, 0.15) is 45.5 Å². The molecule has 2 rings (SSSR count). The predicted octanol–water partition coefficient (Wildman–Crippen LogP) is 0.331. The van der Waals surface area contributed by atoms with Crippen LogP contribution in [0.3, 0.4) is 0 Å². The molecule has 0 bridgehead atoms. The van der Waals surface area contributed by atoms with Crippen molar-refractivity contribution in [2.24, 2.45) is 11.8 Å². The summed E-state index contributed by atoms with van der Waals surface area (Å²) in [4.78, 5) is 1.63. The average Bonchev–Trinajstić information content (AvgIpc) is 2.84. The van der Waals surface area contributed by atoms with Crippen molar-refractivity contribution in [3.63, 3.8) is 0 Å². The van der Waals surface area contributed by atoms with Gasteiger partial charge in [-0.15, -0.1) is 5.10 Å². The number of hydrogen-bond acceptors (Lipinski definition) is 4. The van der Waals surface area contributed by atoms with Crippen LogP contribution >= 0.6 is 0 Å². The number of quaternary nitrogens is 1. The van der Waals surface area contributed by atoms with Gasteiger partial charge in [-0.05, 0) is 23.3 Å². The van der Waals surface area contributed by atoms with E-state index in [0.29, 0.717) is 18.6 Å². The SMILES string of the molecule is COCCn1nnnc1[C@@H](C(C)C)[NH+]1CCC[C@@H](C)C1. The molecule has 6 nitrogen and oxygen atoms in total.